The van der Waals surface area contributed by atoms with Crippen LogP contribution in [0.3, 0.4) is 0 Å². The molecule has 0 atom stereocenters. The minimum atomic E-state index is -0.0277. The largest absolute Gasteiger partial charge is 0.423 e. The Morgan fingerprint density at radius 2 is 1.85 bits per heavy atom. The van der Waals surface area contributed by atoms with Gasteiger partial charge in [-0.05, 0) is 44.4 Å². The highest BCUT2D eigenvalue weighted by Crippen LogP contribution is 2.35. The van der Waals surface area contributed by atoms with Gasteiger partial charge in [-0.1, -0.05) is 23.7 Å². The quantitative estimate of drug-likeness (QED) is 0.349. The van der Waals surface area contributed by atoms with Crippen molar-refractivity contribution < 1.29 is 9.21 Å². The second-order valence-corrected chi connectivity index (χ2v) is 9.82. The fourth-order valence-electron chi connectivity index (χ4n) is 3.77. The summed E-state index contributed by atoms with van der Waals surface area (Å²) in [6, 6.07) is 13.8. The normalized spacial score (nSPS) is 13.3. The lowest BCUT2D eigenvalue weighted by Crippen LogP contribution is -2.36. The fraction of sp³-hybridized carbons (Fsp3) is 0.292. The highest BCUT2D eigenvalue weighted by molar-refractivity contribution is 7.17. The Balaban J connectivity index is 0.00000274. The van der Waals surface area contributed by atoms with E-state index in [-0.39, 0.29) is 18.3 Å². The molecule has 2 aromatic heterocycles. The van der Waals surface area contributed by atoms with Crippen LogP contribution in [0, 0.1) is 0 Å². The van der Waals surface area contributed by atoms with Crippen LogP contribution in [0.5, 0.6) is 0 Å². The maximum atomic E-state index is 13.3. The number of fused-ring (bicyclic) bond motifs is 2. The molecule has 0 radical (unpaired) electrons. The lowest BCUT2D eigenvalue weighted by Gasteiger charge is -2.25. The molecule has 1 amide bonds. The van der Waals surface area contributed by atoms with Gasteiger partial charge in [-0.3, -0.25) is 4.79 Å². The topological polar surface area (TPSA) is 65.7 Å². The Bertz CT molecular complexity index is 1320. The van der Waals surface area contributed by atoms with E-state index in [9.17, 15) is 4.79 Å². The number of carbonyl (C=O) groups is 1. The van der Waals surface area contributed by atoms with Crippen LogP contribution in [0.25, 0.3) is 21.7 Å². The zero-order valence-corrected chi connectivity index (χ0v) is 21.5. The number of carbonyl (C=O) groups excluding carboxylic acids is 1. The Labute approximate surface area is 213 Å². The van der Waals surface area contributed by atoms with Crippen LogP contribution in [-0.2, 0) is 6.42 Å². The molecule has 0 N–H and O–H groups in total. The molecule has 0 unspecified atom stereocenters. The van der Waals surface area contributed by atoms with Gasteiger partial charge in [0.25, 0.3) is 11.9 Å². The number of thiazole rings is 1. The fourth-order valence-corrected chi connectivity index (χ4v) is 4.96. The summed E-state index contributed by atoms with van der Waals surface area (Å²) in [6.07, 6.45) is 0.709. The average molecular weight is 518 g/mol. The third kappa shape index (κ3) is 4.77. The van der Waals surface area contributed by atoms with E-state index >= 15 is 0 Å². The Hall–Kier alpha value is -2.65. The molecule has 0 aliphatic carbocycles. The molecule has 3 heterocycles. The van der Waals surface area contributed by atoms with E-state index in [0.717, 1.165) is 40.6 Å². The van der Waals surface area contributed by atoms with Crippen molar-refractivity contribution >= 4 is 64.1 Å². The van der Waals surface area contributed by atoms with Gasteiger partial charge in [0.15, 0.2) is 5.58 Å². The van der Waals surface area contributed by atoms with Crippen LogP contribution in [-0.4, -0.2) is 61.6 Å². The minimum absolute atomic E-state index is 0. The summed E-state index contributed by atoms with van der Waals surface area (Å²) < 4.78 is 5.92. The highest BCUT2D eigenvalue weighted by atomic mass is 35.5. The van der Waals surface area contributed by atoms with Gasteiger partial charge in [0.1, 0.15) is 15.4 Å². The summed E-state index contributed by atoms with van der Waals surface area (Å²) >= 11 is 7.43. The van der Waals surface area contributed by atoms with E-state index in [4.69, 9.17) is 21.0 Å². The summed E-state index contributed by atoms with van der Waals surface area (Å²) in [5.74, 6) is -0.0277. The van der Waals surface area contributed by atoms with Crippen molar-refractivity contribution in [3.8, 4) is 10.6 Å². The molecule has 34 heavy (non-hydrogen) atoms. The van der Waals surface area contributed by atoms with Gasteiger partial charge >= 0.3 is 0 Å². The predicted molar refractivity (Wildman–Crippen MR) is 141 cm³/mol. The molecule has 0 spiro atoms. The number of anilines is 2. The Morgan fingerprint density at radius 1 is 1.09 bits per heavy atom. The first-order valence-electron chi connectivity index (χ1n) is 10.7. The number of oxazole rings is 1. The van der Waals surface area contributed by atoms with Crippen molar-refractivity contribution in [3.05, 3.63) is 58.1 Å². The van der Waals surface area contributed by atoms with Gasteiger partial charge in [-0.25, -0.2) is 4.98 Å². The molecule has 10 heteroatoms. The molecule has 178 valence electrons. The first-order chi connectivity index (χ1) is 15.9. The van der Waals surface area contributed by atoms with Crippen LogP contribution in [0.1, 0.15) is 15.4 Å². The number of likely N-dealkylation sites (N-methyl/N-ethyl adjacent to an activating group) is 2. The van der Waals surface area contributed by atoms with E-state index in [0.29, 0.717) is 34.5 Å². The van der Waals surface area contributed by atoms with Gasteiger partial charge in [-0.2, -0.15) is 4.98 Å². The molecular formula is C24H25Cl2N5O2S. The van der Waals surface area contributed by atoms with Crippen LogP contribution in [0.15, 0.2) is 46.9 Å². The van der Waals surface area contributed by atoms with Crippen molar-refractivity contribution in [3.63, 3.8) is 0 Å². The van der Waals surface area contributed by atoms with E-state index in [1.54, 1.807) is 4.90 Å². The molecule has 0 saturated heterocycles. The first kappa shape index (κ1) is 24.5. The van der Waals surface area contributed by atoms with Gasteiger partial charge in [-0.15, -0.1) is 23.7 Å². The number of nitrogens with zero attached hydrogens (tertiary/aromatic N) is 5. The molecule has 1 aliphatic heterocycles. The van der Waals surface area contributed by atoms with Crippen molar-refractivity contribution in [2.75, 3.05) is 50.6 Å². The molecule has 7 nitrogen and oxygen atoms in total. The van der Waals surface area contributed by atoms with Crippen LogP contribution in [0.2, 0.25) is 5.02 Å². The van der Waals surface area contributed by atoms with E-state index in [1.807, 2.05) is 68.5 Å². The molecule has 0 bridgehead atoms. The summed E-state index contributed by atoms with van der Waals surface area (Å²) in [5.41, 5.74) is 4.09. The Kier molecular flexibility index (Phi) is 7.14. The lowest BCUT2D eigenvalue weighted by molar-refractivity contribution is 0.0984. The zero-order valence-electron chi connectivity index (χ0n) is 19.1. The number of benzene rings is 2. The van der Waals surface area contributed by atoms with Crippen LogP contribution in [0.4, 0.5) is 11.7 Å². The van der Waals surface area contributed by atoms with Gasteiger partial charge in [0, 0.05) is 49.4 Å². The second-order valence-electron chi connectivity index (χ2n) is 8.38. The lowest BCUT2D eigenvalue weighted by atomic mass is 10.1. The number of amides is 1. The minimum Gasteiger partial charge on any atom is -0.423 e. The number of hydrogen-bond acceptors (Lipinski definition) is 7. The molecule has 0 saturated carbocycles. The standard InChI is InChI=1S/C24H24ClN5O2S.ClH/c1-28(2)12-13-29(3)24-27-19-14-17(8-9-20(19)32-24)30-11-10-18-21(23(30)31)33-22(26-18)15-4-6-16(25)7-5-15;/h4-9,14H,10-13H2,1-3H3;1H. The number of hydrogen-bond donors (Lipinski definition) is 0. The number of aromatic nitrogens is 2. The van der Waals surface area contributed by atoms with E-state index in [1.165, 1.54) is 11.3 Å². The Morgan fingerprint density at radius 3 is 2.59 bits per heavy atom. The number of halogens is 2. The summed E-state index contributed by atoms with van der Waals surface area (Å²) in [4.78, 5) is 29.3. The number of rotatable bonds is 6. The zero-order chi connectivity index (χ0) is 23.1. The summed E-state index contributed by atoms with van der Waals surface area (Å²) in [5, 5.41) is 1.52. The summed E-state index contributed by atoms with van der Waals surface area (Å²) in [6.45, 7) is 2.29. The van der Waals surface area contributed by atoms with Gasteiger partial charge < -0.3 is 19.1 Å². The second kappa shape index (κ2) is 9.92. The van der Waals surface area contributed by atoms with Crippen molar-refractivity contribution in [1.29, 1.82) is 0 Å². The first-order valence-corrected chi connectivity index (χ1v) is 11.9. The summed E-state index contributed by atoms with van der Waals surface area (Å²) in [7, 11) is 6.04. The van der Waals surface area contributed by atoms with E-state index in [2.05, 4.69) is 9.88 Å². The molecule has 0 fully saturated rings. The molecule has 5 rings (SSSR count). The third-order valence-electron chi connectivity index (χ3n) is 5.68. The molecule has 2 aromatic carbocycles. The molecule has 4 aromatic rings. The van der Waals surface area contributed by atoms with Crippen molar-refractivity contribution in [1.82, 2.24) is 14.9 Å². The van der Waals surface area contributed by atoms with Crippen LogP contribution >= 0.6 is 35.3 Å². The van der Waals surface area contributed by atoms with E-state index < -0.39 is 0 Å². The SMILES string of the molecule is CN(C)CCN(C)c1nc2cc(N3CCc4nc(-c5ccc(Cl)cc5)sc4C3=O)ccc2o1.Cl. The van der Waals surface area contributed by atoms with Gasteiger partial charge in [0.2, 0.25) is 0 Å². The van der Waals surface area contributed by atoms with Crippen molar-refractivity contribution in [2.45, 2.75) is 6.42 Å². The van der Waals surface area contributed by atoms with Crippen molar-refractivity contribution in [2.24, 2.45) is 0 Å². The monoisotopic (exact) mass is 517 g/mol. The average Bonchev–Trinajstić information content (AvgIpc) is 3.42. The smallest absolute Gasteiger partial charge is 0.298 e. The maximum absolute atomic E-state index is 13.3. The predicted octanol–water partition coefficient (Wildman–Crippen LogP) is 5.23. The highest BCUT2D eigenvalue weighted by Gasteiger charge is 2.30. The molecule has 1 aliphatic rings. The maximum Gasteiger partial charge on any atom is 0.298 e. The third-order valence-corrected chi connectivity index (χ3v) is 7.07. The van der Waals surface area contributed by atoms with Crippen LogP contribution < -0.4 is 9.80 Å². The van der Waals surface area contributed by atoms with Gasteiger partial charge in [0.05, 0.1) is 5.69 Å². The molecular weight excluding hydrogens is 493 g/mol.